The number of aliphatic hydroxyl groups excluding tert-OH is 2. The van der Waals surface area contributed by atoms with E-state index in [4.69, 9.17) is 15.9 Å². The summed E-state index contributed by atoms with van der Waals surface area (Å²) >= 11 is 0. The van der Waals surface area contributed by atoms with Crippen LogP contribution >= 0.6 is 0 Å². The Kier molecular flexibility index (Phi) is 5.20. The van der Waals surface area contributed by atoms with E-state index in [1.807, 2.05) is 0 Å². The largest absolute Gasteiger partial charge is 0.390 e. The van der Waals surface area contributed by atoms with E-state index < -0.39 is 23.9 Å². The first-order chi connectivity index (χ1) is 6.00. The van der Waals surface area contributed by atoms with Gasteiger partial charge in [0, 0.05) is 13.1 Å². The molecule has 1 unspecified atom stereocenters. The molecule has 0 aromatic carbocycles. The second-order valence-electron chi connectivity index (χ2n) is 2.59. The molecule has 0 aromatic rings. The summed E-state index contributed by atoms with van der Waals surface area (Å²) in [4.78, 5) is 21.8. The summed E-state index contributed by atoms with van der Waals surface area (Å²) in [6.07, 6.45) is -2.92. The highest BCUT2D eigenvalue weighted by molar-refractivity contribution is 6.37. The minimum atomic E-state index is -1.67. The zero-order valence-corrected chi connectivity index (χ0v) is 7.36. The molecule has 0 fully saturated rings. The van der Waals surface area contributed by atoms with Crippen molar-refractivity contribution in [2.45, 2.75) is 19.1 Å². The molecule has 0 aliphatic rings. The van der Waals surface area contributed by atoms with Gasteiger partial charge in [-0.05, 0) is 6.92 Å². The summed E-state index contributed by atoms with van der Waals surface area (Å²) in [5.74, 6) is -1.98. The molecule has 0 saturated heterocycles. The van der Waals surface area contributed by atoms with Crippen molar-refractivity contribution >= 4 is 11.7 Å². The quantitative estimate of drug-likeness (QED) is 0.354. The number of nitrogens with one attached hydrogen (secondary N) is 1. The van der Waals surface area contributed by atoms with Crippen molar-refractivity contribution < 1.29 is 19.8 Å². The Balaban J connectivity index is 4.02. The lowest BCUT2D eigenvalue weighted by molar-refractivity contribution is -0.146. The fraction of sp³-hybridized carbons (Fsp3) is 0.714. The van der Waals surface area contributed by atoms with E-state index >= 15 is 0 Å². The summed E-state index contributed by atoms with van der Waals surface area (Å²) < 4.78 is 0. The average molecular weight is 190 g/mol. The first-order valence-corrected chi connectivity index (χ1v) is 3.89. The van der Waals surface area contributed by atoms with Crippen LogP contribution in [0.25, 0.3) is 0 Å². The highest BCUT2D eigenvalue weighted by atomic mass is 16.3. The second-order valence-corrected chi connectivity index (χ2v) is 2.59. The molecule has 5 N–H and O–H groups in total. The predicted octanol–water partition coefficient (Wildman–Crippen LogP) is -2.63. The molecule has 2 atom stereocenters. The summed E-state index contributed by atoms with van der Waals surface area (Å²) in [5, 5.41) is 19.9. The Morgan fingerprint density at radius 1 is 1.46 bits per heavy atom. The molecule has 0 bridgehead atoms. The number of amides is 1. The van der Waals surface area contributed by atoms with Gasteiger partial charge in [0.15, 0.2) is 0 Å². The van der Waals surface area contributed by atoms with Gasteiger partial charge >= 0.3 is 0 Å². The standard InChI is InChI=1S/C7H14N2O4/c1-4(10)5(11)6(12)7(13)9-3-2-8/h4-5,10-11H,2-3,8H2,1H3,(H,9,13)/t4?,5-/m0/s1. The van der Waals surface area contributed by atoms with Crippen LogP contribution in [-0.4, -0.2) is 47.2 Å². The van der Waals surface area contributed by atoms with Gasteiger partial charge in [0.2, 0.25) is 0 Å². The van der Waals surface area contributed by atoms with E-state index in [2.05, 4.69) is 5.32 Å². The SMILES string of the molecule is CC(O)[C@H](O)C(=O)C(=O)NCCN. The first-order valence-electron chi connectivity index (χ1n) is 3.89. The van der Waals surface area contributed by atoms with Crippen LogP contribution in [0.4, 0.5) is 0 Å². The molecule has 1 amide bonds. The molecule has 0 spiro atoms. The van der Waals surface area contributed by atoms with E-state index in [-0.39, 0.29) is 13.1 Å². The highest BCUT2D eigenvalue weighted by Crippen LogP contribution is 1.93. The summed E-state index contributed by atoms with van der Waals surface area (Å²) in [6, 6.07) is 0. The normalized spacial score (nSPS) is 14.8. The lowest BCUT2D eigenvalue weighted by Crippen LogP contribution is -2.43. The van der Waals surface area contributed by atoms with Crippen LogP contribution in [0.5, 0.6) is 0 Å². The molecule has 0 radical (unpaired) electrons. The Hall–Kier alpha value is -0.980. The van der Waals surface area contributed by atoms with Crippen molar-refractivity contribution in [2.75, 3.05) is 13.1 Å². The van der Waals surface area contributed by atoms with E-state index in [1.54, 1.807) is 0 Å². The topological polar surface area (TPSA) is 113 Å². The smallest absolute Gasteiger partial charge is 0.290 e. The highest BCUT2D eigenvalue weighted by Gasteiger charge is 2.26. The van der Waals surface area contributed by atoms with Gasteiger partial charge in [-0.2, -0.15) is 0 Å². The summed E-state index contributed by atoms with van der Waals surface area (Å²) in [5.41, 5.74) is 5.07. The first kappa shape index (κ1) is 12.0. The van der Waals surface area contributed by atoms with Crippen molar-refractivity contribution in [3.63, 3.8) is 0 Å². The molecule has 76 valence electrons. The number of Topliss-reactive ketones (excluding diaryl/α,β-unsaturated/α-hetero) is 1. The minimum absolute atomic E-state index is 0.164. The minimum Gasteiger partial charge on any atom is -0.390 e. The lowest BCUT2D eigenvalue weighted by Gasteiger charge is -2.11. The third-order valence-corrected chi connectivity index (χ3v) is 1.38. The number of hydrogen-bond donors (Lipinski definition) is 4. The van der Waals surface area contributed by atoms with Crippen molar-refractivity contribution in [1.82, 2.24) is 5.32 Å². The zero-order chi connectivity index (χ0) is 10.4. The number of nitrogens with two attached hydrogens (primary N) is 1. The molecule has 0 heterocycles. The van der Waals surface area contributed by atoms with E-state index in [0.717, 1.165) is 0 Å². The number of hydrogen-bond acceptors (Lipinski definition) is 5. The van der Waals surface area contributed by atoms with Crippen molar-refractivity contribution in [3.8, 4) is 0 Å². The molecule has 0 aliphatic carbocycles. The van der Waals surface area contributed by atoms with Gasteiger partial charge in [0.1, 0.15) is 6.10 Å². The lowest BCUT2D eigenvalue weighted by atomic mass is 10.1. The Bertz CT molecular complexity index is 193. The predicted molar refractivity (Wildman–Crippen MR) is 44.8 cm³/mol. The molecule has 0 saturated carbocycles. The number of rotatable bonds is 5. The maximum absolute atomic E-state index is 10.9. The molecule has 6 heteroatoms. The van der Waals surface area contributed by atoms with Crippen LogP contribution in [-0.2, 0) is 9.59 Å². The van der Waals surface area contributed by atoms with Gasteiger partial charge in [0.05, 0.1) is 6.10 Å². The molecule has 6 nitrogen and oxygen atoms in total. The van der Waals surface area contributed by atoms with Crippen molar-refractivity contribution in [2.24, 2.45) is 5.73 Å². The van der Waals surface area contributed by atoms with E-state index in [9.17, 15) is 9.59 Å². The second kappa shape index (κ2) is 5.63. The van der Waals surface area contributed by atoms with Crippen LogP contribution < -0.4 is 11.1 Å². The molecule has 0 rings (SSSR count). The van der Waals surface area contributed by atoms with Gasteiger partial charge in [-0.3, -0.25) is 9.59 Å². The van der Waals surface area contributed by atoms with Gasteiger partial charge < -0.3 is 21.3 Å². The number of carbonyl (C=O) groups excluding carboxylic acids is 2. The Morgan fingerprint density at radius 3 is 2.38 bits per heavy atom. The van der Waals surface area contributed by atoms with Gasteiger partial charge in [0.25, 0.3) is 11.7 Å². The van der Waals surface area contributed by atoms with Crippen LogP contribution in [0.15, 0.2) is 0 Å². The monoisotopic (exact) mass is 190 g/mol. The van der Waals surface area contributed by atoms with Crippen LogP contribution in [0.1, 0.15) is 6.92 Å². The van der Waals surface area contributed by atoms with Gasteiger partial charge in [-0.1, -0.05) is 0 Å². The Labute approximate surface area is 75.7 Å². The third kappa shape index (κ3) is 3.97. The van der Waals surface area contributed by atoms with Gasteiger partial charge in [-0.15, -0.1) is 0 Å². The van der Waals surface area contributed by atoms with E-state index in [1.165, 1.54) is 6.92 Å². The average Bonchev–Trinajstić information content (AvgIpc) is 2.11. The fourth-order valence-electron chi connectivity index (χ4n) is 0.626. The molecule has 0 aliphatic heterocycles. The fourth-order valence-corrected chi connectivity index (χ4v) is 0.626. The Morgan fingerprint density at radius 2 is 2.00 bits per heavy atom. The molecular formula is C7H14N2O4. The summed E-state index contributed by atoms with van der Waals surface area (Å²) in [6.45, 7) is 1.60. The van der Waals surface area contributed by atoms with Gasteiger partial charge in [-0.25, -0.2) is 0 Å². The third-order valence-electron chi connectivity index (χ3n) is 1.38. The van der Waals surface area contributed by atoms with Crippen LogP contribution in [0.2, 0.25) is 0 Å². The molecule has 13 heavy (non-hydrogen) atoms. The number of ketones is 1. The van der Waals surface area contributed by atoms with Crippen LogP contribution in [0, 0.1) is 0 Å². The maximum atomic E-state index is 10.9. The number of aliphatic hydroxyl groups is 2. The van der Waals surface area contributed by atoms with Crippen molar-refractivity contribution in [3.05, 3.63) is 0 Å². The van der Waals surface area contributed by atoms with E-state index in [0.29, 0.717) is 0 Å². The zero-order valence-electron chi connectivity index (χ0n) is 7.36. The maximum Gasteiger partial charge on any atom is 0.290 e. The van der Waals surface area contributed by atoms with Crippen LogP contribution in [0.3, 0.4) is 0 Å². The molecule has 0 aromatic heterocycles. The van der Waals surface area contributed by atoms with Crippen molar-refractivity contribution in [1.29, 1.82) is 0 Å². The summed E-state index contributed by atoms with van der Waals surface area (Å²) in [7, 11) is 0. The molecular weight excluding hydrogens is 176 g/mol. The number of carbonyl (C=O) groups is 2.